The smallest absolute Gasteiger partial charge is 0.104 e. The van der Waals surface area contributed by atoms with E-state index in [1.807, 2.05) is 24.8 Å². The van der Waals surface area contributed by atoms with E-state index in [9.17, 15) is 0 Å². The second kappa shape index (κ2) is 4.86. The van der Waals surface area contributed by atoms with Crippen molar-refractivity contribution in [1.82, 2.24) is 0 Å². The zero-order valence-corrected chi connectivity index (χ0v) is 11.9. The summed E-state index contributed by atoms with van der Waals surface area (Å²) in [5.74, 6) is 0. The van der Waals surface area contributed by atoms with Gasteiger partial charge in [0.2, 0.25) is 0 Å². The number of thioether (sulfide) groups is 1. The molecule has 0 amide bonds. The molecule has 0 aliphatic heterocycles. The molecule has 0 bridgehead atoms. The van der Waals surface area contributed by atoms with Gasteiger partial charge in [0.25, 0.3) is 0 Å². The maximum atomic E-state index is 5.65. The van der Waals surface area contributed by atoms with Gasteiger partial charge in [-0.2, -0.15) is 11.8 Å². The fraction of sp³-hybridized carbons (Fsp3) is 0.462. The van der Waals surface area contributed by atoms with Crippen LogP contribution < -0.4 is 11.1 Å². The first-order valence-electron chi connectivity index (χ1n) is 5.76. The summed E-state index contributed by atoms with van der Waals surface area (Å²) in [5, 5.41) is 3.50. The van der Waals surface area contributed by atoms with Gasteiger partial charge in [0, 0.05) is 22.5 Å². The molecule has 4 heteroatoms. The molecule has 1 fully saturated rings. The Labute approximate surface area is 112 Å². The molecule has 0 radical (unpaired) electrons. The zero-order valence-electron chi connectivity index (χ0n) is 10.2. The fourth-order valence-electron chi connectivity index (χ4n) is 1.91. The highest BCUT2D eigenvalue weighted by molar-refractivity contribution is 8.00. The average Bonchev–Trinajstić information content (AvgIpc) is 3.07. The Kier molecular flexibility index (Phi) is 3.64. The lowest BCUT2D eigenvalue weighted by Gasteiger charge is -2.15. The summed E-state index contributed by atoms with van der Waals surface area (Å²) in [6.07, 6.45) is 4.84. The molecule has 3 N–H and O–H groups in total. The SMILES string of the molecule is CSC1(CNc2ccc(C(N)=S)c(C)c2)CC1. The Morgan fingerprint density at radius 1 is 1.53 bits per heavy atom. The third-order valence-electron chi connectivity index (χ3n) is 3.35. The summed E-state index contributed by atoms with van der Waals surface area (Å²) in [5.41, 5.74) is 8.91. The molecular formula is C13H18N2S2. The van der Waals surface area contributed by atoms with Crippen LogP contribution in [0, 0.1) is 6.92 Å². The first kappa shape index (κ1) is 12.7. The van der Waals surface area contributed by atoms with Crippen LogP contribution in [0.15, 0.2) is 18.2 Å². The van der Waals surface area contributed by atoms with Crippen LogP contribution in [0.4, 0.5) is 5.69 Å². The molecule has 1 aromatic rings. The van der Waals surface area contributed by atoms with E-state index in [0.29, 0.717) is 9.74 Å². The van der Waals surface area contributed by atoms with Gasteiger partial charge in [-0.15, -0.1) is 0 Å². The maximum Gasteiger partial charge on any atom is 0.104 e. The van der Waals surface area contributed by atoms with Crippen molar-refractivity contribution in [3.63, 3.8) is 0 Å². The Bertz CT molecular complexity index is 439. The minimum atomic E-state index is 0.469. The molecule has 0 heterocycles. The van der Waals surface area contributed by atoms with Crippen molar-refractivity contribution >= 4 is 34.7 Å². The molecular weight excluding hydrogens is 248 g/mol. The second-order valence-corrected chi connectivity index (χ2v) is 6.35. The molecule has 92 valence electrons. The van der Waals surface area contributed by atoms with E-state index in [1.54, 1.807) is 0 Å². The minimum absolute atomic E-state index is 0.469. The molecule has 2 nitrogen and oxygen atoms in total. The molecule has 0 aromatic heterocycles. The molecule has 0 saturated heterocycles. The first-order valence-corrected chi connectivity index (χ1v) is 7.39. The molecule has 1 saturated carbocycles. The van der Waals surface area contributed by atoms with Gasteiger partial charge in [-0.25, -0.2) is 0 Å². The standard InChI is InChI=1S/C13H18N2S2/c1-9-7-10(3-4-11(9)12(14)16)15-8-13(17-2)5-6-13/h3-4,7,15H,5-6,8H2,1-2H3,(H2,14,16). The van der Waals surface area contributed by atoms with Gasteiger partial charge < -0.3 is 11.1 Å². The van der Waals surface area contributed by atoms with Crippen molar-refractivity contribution < 1.29 is 0 Å². The summed E-state index contributed by atoms with van der Waals surface area (Å²) >= 11 is 6.97. The molecule has 0 atom stereocenters. The van der Waals surface area contributed by atoms with Gasteiger partial charge >= 0.3 is 0 Å². The van der Waals surface area contributed by atoms with Crippen molar-refractivity contribution in [1.29, 1.82) is 0 Å². The number of rotatable bonds is 5. The summed E-state index contributed by atoms with van der Waals surface area (Å²) in [4.78, 5) is 0.469. The number of anilines is 1. The first-order chi connectivity index (χ1) is 8.06. The average molecular weight is 266 g/mol. The third kappa shape index (κ3) is 2.93. The van der Waals surface area contributed by atoms with E-state index in [0.717, 1.165) is 23.4 Å². The highest BCUT2D eigenvalue weighted by Crippen LogP contribution is 2.47. The number of hydrogen-bond acceptors (Lipinski definition) is 3. The van der Waals surface area contributed by atoms with Crippen LogP contribution in [0.1, 0.15) is 24.0 Å². The predicted molar refractivity (Wildman–Crippen MR) is 81.0 cm³/mol. The van der Waals surface area contributed by atoms with Crippen LogP contribution in [0.25, 0.3) is 0 Å². The highest BCUT2D eigenvalue weighted by atomic mass is 32.2. The van der Waals surface area contributed by atoms with E-state index >= 15 is 0 Å². The number of nitrogens with one attached hydrogen (secondary N) is 1. The predicted octanol–water partition coefficient (Wildman–Crippen LogP) is 2.94. The number of aryl methyl sites for hydroxylation is 1. The zero-order chi connectivity index (χ0) is 12.5. The van der Waals surface area contributed by atoms with Gasteiger partial charge in [0.15, 0.2) is 0 Å². The summed E-state index contributed by atoms with van der Waals surface area (Å²) in [6, 6.07) is 6.17. The van der Waals surface area contributed by atoms with Crippen LogP contribution in [0.5, 0.6) is 0 Å². The quantitative estimate of drug-likeness (QED) is 0.804. The van der Waals surface area contributed by atoms with Crippen LogP contribution in [0.3, 0.4) is 0 Å². The Morgan fingerprint density at radius 2 is 2.24 bits per heavy atom. The van der Waals surface area contributed by atoms with Crippen molar-refractivity contribution in [2.24, 2.45) is 5.73 Å². The molecule has 1 aliphatic carbocycles. The molecule has 17 heavy (non-hydrogen) atoms. The largest absolute Gasteiger partial charge is 0.389 e. The molecule has 0 spiro atoms. The summed E-state index contributed by atoms with van der Waals surface area (Å²) < 4.78 is 0.482. The number of hydrogen-bond donors (Lipinski definition) is 2. The molecule has 0 unspecified atom stereocenters. The maximum absolute atomic E-state index is 5.65. The van der Waals surface area contributed by atoms with Gasteiger partial charge in [-0.3, -0.25) is 0 Å². The lowest BCUT2D eigenvalue weighted by molar-refractivity contribution is 0.949. The monoisotopic (exact) mass is 266 g/mol. The lowest BCUT2D eigenvalue weighted by Crippen LogP contribution is -2.18. The van der Waals surface area contributed by atoms with Crippen molar-refractivity contribution in [2.75, 3.05) is 18.1 Å². The Balaban J connectivity index is 2.03. The minimum Gasteiger partial charge on any atom is -0.389 e. The van der Waals surface area contributed by atoms with E-state index in [-0.39, 0.29) is 0 Å². The topological polar surface area (TPSA) is 38.0 Å². The highest BCUT2D eigenvalue weighted by Gasteiger charge is 2.41. The number of benzene rings is 1. The van der Waals surface area contributed by atoms with Crippen molar-refractivity contribution in [2.45, 2.75) is 24.5 Å². The van der Waals surface area contributed by atoms with Crippen LogP contribution >= 0.6 is 24.0 Å². The van der Waals surface area contributed by atoms with Gasteiger partial charge in [-0.1, -0.05) is 12.2 Å². The molecule has 2 rings (SSSR count). The summed E-state index contributed by atoms with van der Waals surface area (Å²) in [7, 11) is 0. The lowest BCUT2D eigenvalue weighted by atomic mass is 10.1. The van der Waals surface area contributed by atoms with Crippen molar-refractivity contribution in [3.05, 3.63) is 29.3 Å². The van der Waals surface area contributed by atoms with Gasteiger partial charge in [-0.05, 0) is 49.8 Å². The normalized spacial score (nSPS) is 16.6. The molecule has 1 aliphatic rings. The second-order valence-electron chi connectivity index (χ2n) is 4.63. The van der Waals surface area contributed by atoms with E-state index in [1.165, 1.54) is 12.8 Å². The van der Waals surface area contributed by atoms with Gasteiger partial charge in [0.05, 0.1) is 0 Å². The Hall–Kier alpha value is -0.740. The number of thiocarbonyl (C=S) groups is 1. The fourth-order valence-corrected chi connectivity index (χ4v) is 2.86. The van der Waals surface area contributed by atoms with Crippen LogP contribution in [0.2, 0.25) is 0 Å². The van der Waals surface area contributed by atoms with Crippen LogP contribution in [-0.4, -0.2) is 22.5 Å². The molecule has 1 aromatic carbocycles. The van der Waals surface area contributed by atoms with E-state index in [4.69, 9.17) is 18.0 Å². The van der Waals surface area contributed by atoms with Gasteiger partial charge in [0.1, 0.15) is 4.99 Å². The van der Waals surface area contributed by atoms with Crippen LogP contribution in [-0.2, 0) is 0 Å². The third-order valence-corrected chi connectivity index (χ3v) is 4.99. The van der Waals surface area contributed by atoms with Crippen molar-refractivity contribution in [3.8, 4) is 0 Å². The Morgan fingerprint density at radius 3 is 2.71 bits per heavy atom. The summed E-state index contributed by atoms with van der Waals surface area (Å²) in [6.45, 7) is 3.08. The van der Waals surface area contributed by atoms with E-state index in [2.05, 4.69) is 23.7 Å². The number of nitrogens with two attached hydrogens (primary N) is 1. The van der Waals surface area contributed by atoms with E-state index < -0.39 is 0 Å².